The molecular weight excluding hydrogens is 314 g/mol. The molecule has 0 aliphatic carbocycles. The van der Waals surface area contributed by atoms with Crippen molar-refractivity contribution >= 4 is 28.7 Å². The first kappa shape index (κ1) is 15.3. The van der Waals surface area contributed by atoms with Crippen LogP contribution in [0.2, 0.25) is 0 Å². The third-order valence-electron chi connectivity index (χ3n) is 3.36. The summed E-state index contributed by atoms with van der Waals surface area (Å²) in [6, 6.07) is 9.41. The number of fused-ring (bicyclic) bond motifs is 1. The molecule has 0 fully saturated rings. The standard InChI is InChI=1S/C15H15N5O2S/c1-2-11(12(16)21)23-15-18-13-10(14(22)19-15)8-17-20(13)9-6-4-3-5-7-9/h3-8,11H,2H2,1H3,(H2,16,21)(H,18,19,22). The smallest absolute Gasteiger partial charge is 0.262 e. The average Bonchev–Trinajstić information content (AvgIpc) is 2.97. The van der Waals surface area contributed by atoms with E-state index in [2.05, 4.69) is 15.1 Å². The maximum Gasteiger partial charge on any atom is 0.262 e. The third-order valence-corrected chi connectivity index (χ3v) is 4.63. The first-order valence-electron chi connectivity index (χ1n) is 7.09. The van der Waals surface area contributed by atoms with Crippen LogP contribution in [-0.2, 0) is 4.79 Å². The van der Waals surface area contributed by atoms with E-state index >= 15 is 0 Å². The first-order chi connectivity index (χ1) is 11.1. The maximum atomic E-state index is 12.2. The van der Waals surface area contributed by atoms with Gasteiger partial charge in [0.05, 0.1) is 17.1 Å². The number of hydrogen-bond acceptors (Lipinski definition) is 5. The van der Waals surface area contributed by atoms with E-state index in [1.165, 1.54) is 6.20 Å². The van der Waals surface area contributed by atoms with Crippen LogP contribution in [0.4, 0.5) is 0 Å². The summed E-state index contributed by atoms with van der Waals surface area (Å²) in [5.41, 5.74) is 6.31. The molecule has 8 heteroatoms. The van der Waals surface area contributed by atoms with Crippen LogP contribution in [-0.4, -0.2) is 30.9 Å². The number of nitrogens with zero attached hydrogens (tertiary/aromatic N) is 3. The molecule has 0 bridgehead atoms. The van der Waals surface area contributed by atoms with E-state index in [1.807, 2.05) is 37.3 Å². The first-order valence-corrected chi connectivity index (χ1v) is 7.97. The molecule has 3 aromatic rings. The minimum atomic E-state index is -0.441. The van der Waals surface area contributed by atoms with Crippen molar-refractivity contribution in [2.75, 3.05) is 0 Å². The Morgan fingerprint density at radius 3 is 2.78 bits per heavy atom. The molecule has 0 saturated carbocycles. The number of para-hydroxylation sites is 1. The molecule has 2 heterocycles. The van der Waals surface area contributed by atoms with Crippen molar-refractivity contribution in [1.29, 1.82) is 0 Å². The molecule has 23 heavy (non-hydrogen) atoms. The summed E-state index contributed by atoms with van der Waals surface area (Å²) in [5, 5.41) is 4.54. The van der Waals surface area contributed by atoms with Crippen LogP contribution < -0.4 is 11.3 Å². The molecule has 1 atom stereocenters. The number of rotatable bonds is 5. The van der Waals surface area contributed by atoms with Gasteiger partial charge in [-0.15, -0.1) is 0 Å². The fourth-order valence-electron chi connectivity index (χ4n) is 2.19. The molecule has 2 aromatic heterocycles. The quantitative estimate of drug-likeness (QED) is 0.544. The van der Waals surface area contributed by atoms with E-state index in [9.17, 15) is 9.59 Å². The number of primary amides is 1. The Kier molecular flexibility index (Phi) is 4.16. The molecule has 1 unspecified atom stereocenters. The lowest BCUT2D eigenvalue weighted by molar-refractivity contribution is -0.117. The van der Waals surface area contributed by atoms with Crippen LogP contribution in [0.1, 0.15) is 13.3 Å². The van der Waals surface area contributed by atoms with Gasteiger partial charge in [-0.25, -0.2) is 9.67 Å². The lowest BCUT2D eigenvalue weighted by Crippen LogP contribution is -2.25. The fourth-order valence-corrected chi connectivity index (χ4v) is 3.03. The Labute approximate surface area is 135 Å². The molecule has 3 rings (SSSR count). The van der Waals surface area contributed by atoms with E-state index in [0.717, 1.165) is 17.4 Å². The number of nitrogens with one attached hydrogen (secondary N) is 1. The minimum Gasteiger partial charge on any atom is -0.369 e. The highest BCUT2D eigenvalue weighted by molar-refractivity contribution is 8.00. The topological polar surface area (TPSA) is 107 Å². The SMILES string of the molecule is CCC(Sc1nc2c(cnn2-c2ccccc2)c(=O)[nH]1)C(N)=O. The Morgan fingerprint density at radius 1 is 1.39 bits per heavy atom. The molecule has 0 spiro atoms. The summed E-state index contributed by atoms with van der Waals surface area (Å²) in [6.07, 6.45) is 2.04. The van der Waals surface area contributed by atoms with Gasteiger partial charge in [0.25, 0.3) is 5.56 Å². The Bertz CT molecular complexity index is 903. The van der Waals surface area contributed by atoms with Crippen molar-refractivity contribution in [2.45, 2.75) is 23.8 Å². The summed E-state index contributed by atoms with van der Waals surface area (Å²) in [5.74, 6) is -0.434. The maximum absolute atomic E-state index is 12.2. The van der Waals surface area contributed by atoms with Gasteiger partial charge in [-0.2, -0.15) is 5.10 Å². The molecule has 1 aromatic carbocycles. The number of benzene rings is 1. The number of nitrogens with two attached hydrogens (primary N) is 1. The number of amides is 1. The number of H-pyrrole nitrogens is 1. The number of thioether (sulfide) groups is 1. The highest BCUT2D eigenvalue weighted by Gasteiger charge is 2.18. The molecule has 1 amide bonds. The van der Waals surface area contributed by atoms with Crippen molar-refractivity contribution in [3.63, 3.8) is 0 Å². The molecule has 3 N–H and O–H groups in total. The minimum absolute atomic E-state index is 0.293. The zero-order chi connectivity index (χ0) is 16.4. The molecule has 118 valence electrons. The van der Waals surface area contributed by atoms with E-state index < -0.39 is 11.2 Å². The molecule has 0 aliphatic heterocycles. The number of hydrogen-bond donors (Lipinski definition) is 2. The Balaban J connectivity index is 2.09. The lowest BCUT2D eigenvalue weighted by atomic mass is 10.3. The predicted octanol–water partition coefficient (Wildman–Crippen LogP) is 1.46. The zero-order valence-electron chi connectivity index (χ0n) is 12.4. The van der Waals surface area contributed by atoms with Crippen LogP contribution in [0.15, 0.2) is 46.5 Å². The van der Waals surface area contributed by atoms with Crippen molar-refractivity contribution in [2.24, 2.45) is 5.73 Å². The molecule has 0 saturated heterocycles. The largest absolute Gasteiger partial charge is 0.369 e. The number of aromatic amines is 1. The summed E-state index contributed by atoms with van der Waals surface area (Å²) in [4.78, 5) is 30.7. The van der Waals surface area contributed by atoms with Crippen molar-refractivity contribution in [3.05, 3.63) is 46.9 Å². The highest BCUT2D eigenvalue weighted by atomic mass is 32.2. The van der Waals surface area contributed by atoms with Crippen molar-refractivity contribution < 1.29 is 4.79 Å². The Morgan fingerprint density at radius 2 is 2.13 bits per heavy atom. The normalized spacial score (nSPS) is 12.4. The summed E-state index contributed by atoms with van der Waals surface area (Å²) in [6.45, 7) is 1.85. The molecular formula is C15H15N5O2S. The highest BCUT2D eigenvalue weighted by Crippen LogP contribution is 2.23. The van der Waals surface area contributed by atoms with Gasteiger partial charge < -0.3 is 10.7 Å². The van der Waals surface area contributed by atoms with Crippen LogP contribution in [0.3, 0.4) is 0 Å². The van der Waals surface area contributed by atoms with E-state index in [-0.39, 0.29) is 5.56 Å². The van der Waals surface area contributed by atoms with Gasteiger partial charge in [-0.1, -0.05) is 36.9 Å². The second-order valence-corrected chi connectivity index (χ2v) is 6.11. The van der Waals surface area contributed by atoms with Gasteiger partial charge in [0, 0.05) is 0 Å². The molecule has 7 nitrogen and oxygen atoms in total. The van der Waals surface area contributed by atoms with Crippen LogP contribution in [0.5, 0.6) is 0 Å². The van der Waals surface area contributed by atoms with Gasteiger partial charge in [0.1, 0.15) is 5.39 Å². The second-order valence-electron chi connectivity index (χ2n) is 4.92. The number of aromatic nitrogens is 4. The van der Waals surface area contributed by atoms with E-state index in [0.29, 0.717) is 22.6 Å². The number of carbonyl (C=O) groups excluding carboxylic acids is 1. The summed E-state index contributed by atoms with van der Waals surface area (Å²) < 4.78 is 1.60. The van der Waals surface area contributed by atoms with Gasteiger partial charge in [-0.05, 0) is 18.6 Å². The Hall–Kier alpha value is -2.61. The average molecular weight is 329 g/mol. The predicted molar refractivity (Wildman–Crippen MR) is 88.6 cm³/mol. The van der Waals surface area contributed by atoms with Crippen LogP contribution >= 0.6 is 11.8 Å². The van der Waals surface area contributed by atoms with Gasteiger partial charge in [0.2, 0.25) is 5.91 Å². The van der Waals surface area contributed by atoms with Crippen molar-refractivity contribution in [3.8, 4) is 5.69 Å². The molecule has 0 radical (unpaired) electrons. The van der Waals surface area contributed by atoms with Gasteiger partial charge in [0.15, 0.2) is 10.8 Å². The van der Waals surface area contributed by atoms with Crippen molar-refractivity contribution in [1.82, 2.24) is 19.7 Å². The zero-order valence-corrected chi connectivity index (χ0v) is 13.2. The third kappa shape index (κ3) is 2.98. The van der Waals surface area contributed by atoms with Crippen LogP contribution in [0, 0.1) is 0 Å². The van der Waals surface area contributed by atoms with Crippen LogP contribution in [0.25, 0.3) is 16.7 Å². The summed E-state index contributed by atoms with van der Waals surface area (Å²) >= 11 is 1.15. The van der Waals surface area contributed by atoms with E-state index in [1.54, 1.807) is 4.68 Å². The lowest BCUT2D eigenvalue weighted by Gasteiger charge is -2.09. The monoisotopic (exact) mass is 329 g/mol. The van der Waals surface area contributed by atoms with Gasteiger partial charge >= 0.3 is 0 Å². The molecule has 0 aliphatic rings. The number of carbonyl (C=O) groups is 1. The fraction of sp³-hybridized carbons (Fsp3) is 0.200. The second kappa shape index (κ2) is 6.25. The summed E-state index contributed by atoms with van der Waals surface area (Å²) in [7, 11) is 0. The van der Waals surface area contributed by atoms with E-state index in [4.69, 9.17) is 5.73 Å². The van der Waals surface area contributed by atoms with Gasteiger partial charge in [-0.3, -0.25) is 9.59 Å².